The van der Waals surface area contributed by atoms with Crippen LogP contribution >= 0.6 is 11.6 Å². The molecule has 2 aromatic heterocycles. The zero-order valence-electron chi connectivity index (χ0n) is 17.3. The molecule has 1 amide bonds. The predicted molar refractivity (Wildman–Crippen MR) is 121 cm³/mol. The largest absolute Gasteiger partial charge is 0.495 e. The average molecular weight is 451 g/mol. The summed E-state index contributed by atoms with van der Waals surface area (Å²) in [5.74, 6) is 0.794. The summed E-state index contributed by atoms with van der Waals surface area (Å²) in [6.45, 7) is 1.78. The maximum Gasteiger partial charge on any atom is 0.259 e. The molecule has 0 aliphatic carbocycles. The minimum atomic E-state index is -0.392. The Morgan fingerprint density at radius 2 is 2.00 bits per heavy atom. The molecule has 0 aliphatic rings. The summed E-state index contributed by atoms with van der Waals surface area (Å²) in [6.07, 6.45) is 1.51. The molecule has 0 saturated carbocycles. The summed E-state index contributed by atoms with van der Waals surface area (Å²) >= 11 is 6.09. The molecule has 0 spiro atoms. The lowest BCUT2D eigenvalue weighted by Crippen LogP contribution is -2.26. The second kappa shape index (κ2) is 9.07. The maximum absolute atomic E-state index is 12.5. The molecule has 162 valence electrons. The number of carbonyl (C=O) groups excluding carboxylic acids is 1. The SMILES string of the molecule is COc1ccc(NC(=O)Cn2cc(-c3nc(-c4cccc(C)c4)no3)ccc2=O)cc1Cl. The van der Waals surface area contributed by atoms with Gasteiger partial charge in [0.2, 0.25) is 11.7 Å². The highest BCUT2D eigenvalue weighted by molar-refractivity contribution is 6.32. The molecule has 0 saturated heterocycles. The molecule has 2 heterocycles. The van der Waals surface area contributed by atoms with E-state index in [9.17, 15) is 9.59 Å². The number of rotatable bonds is 6. The summed E-state index contributed by atoms with van der Waals surface area (Å²) in [7, 11) is 1.51. The third-order valence-corrected chi connectivity index (χ3v) is 4.98. The van der Waals surface area contributed by atoms with Gasteiger partial charge < -0.3 is 19.1 Å². The molecule has 0 bridgehead atoms. The van der Waals surface area contributed by atoms with Crippen molar-refractivity contribution >= 4 is 23.2 Å². The van der Waals surface area contributed by atoms with Crippen molar-refractivity contribution in [3.8, 4) is 28.6 Å². The lowest BCUT2D eigenvalue weighted by molar-refractivity contribution is -0.116. The molecule has 4 rings (SSSR count). The van der Waals surface area contributed by atoms with Crippen LogP contribution in [0.15, 0.2) is 70.1 Å². The first-order valence-electron chi connectivity index (χ1n) is 9.68. The minimum Gasteiger partial charge on any atom is -0.495 e. The topological polar surface area (TPSA) is 99.2 Å². The summed E-state index contributed by atoms with van der Waals surface area (Å²) in [5.41, 5.74) is 2.58. The van der Waals surface area contributed by atoms with Crippen LogP contribution < -0.4 is 15.6 Å². The molecule has 4 aromatic rings. The molecule has 0 fully saturated rings. The number of ether oxygens (including phenoxy) is 1. The first-order chi connectivity index (χ1) is 15.4. The second-order valence-electron chi connectivity index (χ2n) is 7.07. The normalized spacial score (nSPS) is 10.7. The molecule has 9 heteroatoms. The van der Waals surface area contributed by atoms with Crippen LogP contribution in [0.25, 0.3) is 22.8 Å². The fourth-order valence-corrected chi connectivity index (χ4v) is 3.38. The van der Waals surface area contributed by atoms with Crippen LogP contribution in [-0.2, 0) is 11.3 Å². The van der Waals surface area contributed by atoms with Crippen LogP contribution in [0.3, 0.4) is 0 Å². The Morgan fingerprint density at radius 3 is 2.75 bits per heavy atom. The number of methoxy groups -OCH3 is 1. The number of hydrogen-bond donors (Lipinski definition) is 1. The molecule has 1 N–H and O–H groups in total. The molecule has 0 atom stereocenters. The van der Waals surface area contributed by atoms with Crippen molar-refractivity contribution < 1.29 is 14.1 Å². The average Bonchev–Trinajstić information content (AvgIpc) is 3.26. The van der Waals surface area contributed by atoms with Gasteiger partial charge in [0, 0.05) is 23.5 Å². The zero-order chi connectivity index (χ0) is 22.7. The van der Waals surface area contributed by atoms with E-state index in [1.165, 1.54) is 23.9 Å². The number of nitrogens with one attached hydrogen (secondary N) is 1. The Kier molecular flexibility index (Phi) is 6.04. The van der Waals surface area contributed by atoms with Gasteiger partial charge in [0.05, 0.1) is 17.7 Å². The minimum absolute atomic E-state index is 0.199. The number of benzene rings is 2. The fourth-order valence-electron chi connectivity index (χ4n) is 3.12. The van der Waals surface area contributed by atoms with Crippen LogP contribution in [0.5, 0.6) is 5.75 Å². The van der Waals surface area contributed by atoms with E-state index in [1.54, 1.807) is 24.3 Å². The van der Waals surface area contributed by atoms with Gasteiger partial charge in [-0.3, -0.25) is 9.59 Å². The number of amides is 1. The highest BCUT2D eigenvalue weighted by atomic mass is 35.5. The second-order valence-corrected chi connectivity index (χ2v) is 7.48. The Hall–Kier alpha value is -3.91. The van der Waals surface area contributed by atoms with Crippen molar-refractivity contribution in [1.82, 2.24) is 14.7 Å². The Morgan fingerprint density at radius 1 is 1.16 bits per heavy atom. The monoisotopic (exact) mass is 450 g/mol. The zero-order valence-corrected chi connectivity index (χ0v) is 18.1. The quantitative estimate of drug-likeness (QED) is 0.473. The number of aryl methyl sites for hydroxylation is 1. The van der Waals surface area contributed by atoms with Crippen LogP contribution in [0.2, 0.25) is 5.02 Å². The van der Waals surface area contributed by atoms with Crippen LogP contribution in [0.4, 0.5) is 5.69 Å². The van der Waals surface area contributed by atoms with Crippen molar-refractivity contribution in [3.63, 3.8) is 0 Å². The van der Waals surface area contributed by atoms with Gasteiger partial charge in [0.1, 0.15) is 12.3 Å². The van der Waals surface area contributed by atoms with Crippen molar-refractivity contribution in [2.75, 3.05) is 12.4 Å². The van der Waals surface area contributed by atoms with Crippen LogP contribution in [0, 0.1) is 6.92 Å². The number of hydrogen-bond acceptors (Lipinski definition) is 6. The van der Waals surface area contributed by atoms with E-state index in [-0.39, 0.29) is 18.0 Å². The molecule has 0 radical (unpaired) electrons. The summed E-state index contributed by atoms with van der Waals surface area (Å²) in [6, 6.07) is 15.5. The molecular formula is C23H19ClN4O4. The highest BCUT2D eigenvalue weighted by Gasteiger charge is 2.13. The van der Waals surface area contributed by atoms with E-state index < -0.39 is 5.91 Å². The first kappa shape index (κ1) is 21.3. The molecular weight excluding hydrogens is 432 g/mol. The number of halogens is 1. The van der Waals surface area contributed by atoms with E-state index in [0.29, 0.717) is 27.8 Å². The van der Waals surface area contributed by atoms with E-state index in [2.05, 4.69) is 15.5 Å². The maximum atomic E-state index is 12.5. The molecule has 2 aromatic carbocycles. The number of aromatic nitrogens is 3. The number of anilines is 1. The first-order valence-corrected chi connectivity index (χ1v) is 10.1. The third kappa shape index (κ3) is 4.70. The Labute approximate surface area is 188 Å². The molecule has 32 heavy (non-hydrogen) atoms. The number of nitrogens with zero attached hydrogens (tertiary/aromatic N) is 3. The van der Waals surface area contributed by atoms with Gasteiger partial charge in [-0.15, -0.1) is 0 Å². The van der Waals surface area contributed by atoms with E-state index in [4.69, 9.17) is 20.9 Å². The van der Waals surface area contributed by atoms with Gasteiger partial charge in [0.15, 0.2) is 0 Å². The van der Waals surface area contributed by atoms with Gasteiger partial charge in [-0.2, -0.15) is 4.98 Å². The molecule has 8 nitrogen and oxygen atoms in total. The number of pyridine rings is 1. The highest BCUT2D eigenvalue weighted by Crippen LogP contribution is 2.27. The van der Waals surface area contributed by atoms with Crippen molar-refractivity contribution in [2.45, 2.75) is 13.5 Å². The van der Waals surface area contributed by atoms with Gasteiger partial charge in [-0.25, -0.2) is 0 Å². The summed E-state index contributed by atoms with van der Waals surface area (Å²) in [5, 5.41) is 7.10. The fraction of sp³-hybridized carbons (Fsp3) is 0.130. The summed E-state index contributed by atoms with van der Waals surface area (Å²) in [4.78, 5) is 29.2. The van der Waals surface area contributed by atoms with Crippen molar-refractivity contribution in [1.29, 1.82) is 0 Å². The Bertz CT molecular complexity index is 1350. The molecule has 0 unspecified atom stereocenters. The van der Waals surface area contributed by atoms with Crippen LogP contribution in [0.1, 0.15) is 5.56 Å². The number of carbonyl (C=O) groups is 1. The standard InChI is InChI=1S/C23H19ClN4O4/c1-14-4-3-5-15(10-14)22-26-23(32-27-22)16-6-9-21(30)28(12-16)13-20(29)25-17-7-8-19(31-2)18(24)11-17/h3-12H,13H2,1-2H3,(H,25,29). The lowest BCUT2D eigenvalue weighted by Gasteiger charge is -2.09. The van der Waals surface area contributed by atoms with Gasteiger partial charge >= 0.3 is 0 Å². The predicted octanol–water partition coefficient (Wildman–Crippen LogP) is 4.17. The van der Waals surface area contributed by atoms with Crippen molar-refractivity contribution in [3.05, 3.63) is 81.7 Å². The smallest absolute Gasteiger partial charge is 0.259 e. The van der Waals surface area contributed by atoms with E-state index in [0.717, 1.165) is 11.1 Å². The van der Waals surface area contributed by atoms with Gasteiger partial charge in [-0.1, -0.05) is 40.5 Å². The van der Waals surface area contributed by atoms with E-state index in [1.807, 2.05) is 31.2 Å². The summed E-state index contributed by atoms with van der Waals surface area (Å²) < 4.78 is 11.7. The van der Waals surface area contributed by atoms with Crippen molar-refractivity contribution in [2.24, 2.45) is 0 Å². The lowest BCUT2D eigenvalue weighted by atomic mass is 10.1. The van der Waals surface area contributed by atoms with Gasteiger partial charge in [-0.05, 0) is 37.3 Å². The van der Waals surface area contributed by atoms with Crippen LogP contribution in [-0.4, -0.2) is 27.7 Å². The molecule has 0 aliphatic heterocycles. The Balaban J connectivity index is 1.52. The third-order valence-electron chi connectivity index (χ3n) is 4.68. The van der Waals surface area contributed by atoms with Gasteiger partial charge in [0.25, 0.3) is 11.4 Å². The van der Waals surface area contributed by atoms with E-state index >= 15 is 0 Å².